The Bertz CT molecular complexity index is 84.6. The molecule has 68 valence electrons. The number of ether oxygens (including phenoxy) is 1. The van der Waals surface area contributed by atoms with Gasteiger partial charge < -0.3 is 4.74 Å². The third kappa shape index (κ3) is 25.7. The summed E-state index contributed by atoms with van der Waals surface area (Å²) in [5.74, 6) is 0. The molecule has 0 aliphatic rings. The normalized spacial score (nSPS) is 9.55. The summed E-state index contributed by atoms with van der Waals surface area (Å²) in [5, 5.41) is 1.13. The van der Waals surface area contributed by atoms with Crippen molar-refractivity contribution in [2.45, 2.75) is 39.7 Å². The lowest BCUT2D eigenvalue weighted by Crippen LogP contribution is -2.17. The van der Waals surface area contributed by atoms with Crippen LogP contribution in [-0.2, 0) is 9.53 Å². The summed E-state index contributed by atoms with van der Waals surface area (Å²) in [6.07, 6.45) is 1.24. The monoisotopic (exact) mass is 224 g/mol. The van der Waals surface area contributed by atoms with Crippen molar-refractivity contribution < 1.29 is 9.53 Å². The molecule has 0 bridgehead atoms. The van der Waals surface area contributed by atoms with Crippen LogP contribution in [0.5, 0.6) is 0 Å². The molecule has 0 unspecified atom stereocenters. The van der Waals surface area contributed by atoms with Crippen molar-refractivity contribution in [3.8, 4) is 0 Å². The van der Waals surface area contributed by atoms with Crippen LogP contribution in [0.25, 0.3) is 0 Å². The van der Waals surface area contributed by atoms with Crippen LogP contribution >= 0.6 is 15.9 Å². The lowest BCUT2D eigenvalue weighted by molar-refractivity contribution is -0.138. The second-order valence-electron chi connectivity index (χ2n) is 3.02. The van der Waals surface area contributed by atoms with Gasteiger partial charge in [-0.25, -0.2) is 0 Å². The fraction of sp³-hybridized carbons (Fsp3) is 0.875. The number of alkyl halides is 1. The van der Waals surface area contributed by atoms with E-state index in [1.807, 2.05) is 20.8 Å². The van der Waals surface area contributed by atoms with Gasteiger partial charge in [-0.3, -0.25) is 4.79 Å². The van der Waals surface area contributed by atoms with Gasteiger partial charge in [0, 0.05) is 5.33 Å². The van der Waals surface area contributed by atoms with E-state index in [4.69, 9.17) is 0 Å². The SMILES string of the molecule is CC(C)(C)OC=O.CCCBr. The van der Waals surface area contributed by atoms with E-state index >= 15 is 0 Å². The molecule has 0 saturated carbocycles. The highest BCUT2D eigenvalue weighted by atomic mass is 79.9. The Morgan fingerprint density at radius 2 is 1.82 bits per heavy atom. The van der Waals surface area contributed by atoms with Gasteiger partial charge in [0.25, 0.3) is 6.47 Å². The molecule has 0 saturated heterocycles. The lowest BCUT2D eigenvalue weighted by atomic mass is 10.2. The highest BCUT2D eigenvalue weighted by Gasteiger charge is 2.07. The first-order valence-electron chi connectivity index (χ1n) is 3.65. The van der Waals surface area contributed by atoms with E-state index in [2.05, 4.69) is 27.6 Å². The minimum Gasteiger partial charge on any atom is -0.462 e. The summed E-state index contributed by atoms with van der Waals surface area (Å²) in [7, 11) is 0. The van der Waals surface area contributed by atoms with Gasteiger partial charge in [-0.2, -0.15) is 0 Å². The Hall–Kier alpha value is -0.0500. The average Bonchev–Trinajstić information content (AvgIpc) is 1.86. The zero-order valence-corrected chi connectivity index (χ0v) is 9.27. The van der Waals surface area contributed by atoms with Crippen LogP contribution in [0.4, 0.5) is 0 Å². The number of hydrogen-bond donors (Lipinski definition) is 0. The molecule has 0 heterocycles. The summed E-state index contributed by atoms with van der Waals surface area (Å²) in [4.78, 5) is 9.60. The third-order valence-corrected chi connectivity index (χ3v) is 1.38. The molecule has 3 heteroatoms. The molecular formula is C8H17BrO2. The van der Waals surface area contributed by atoms with Gasteiger partial charge in [0.2, 0.25) is 0 Å². The van der Waals surface area contributed by atoms with Crippen molar-refractivity contribution in [3.63, 3.8) is 0 Å². The standard InChI is InChI=1S/C5H10O2.C3H7Br/c1-5(2,3)7-4-6;1-2-3-4/h4H,1-3H3;2-3H2,1H3. The molecule has 0 aromatic rings. The van der Waals surface area contributed by atoms with Crippen LogP contribution in [0, 0.1) is 0 Å². The van der Waals surface area contributed by atoms with E-state index in [-0.39, 0.29) is 5.60 Å². The van der Waals surface area contributed by atoms with Crippen molar-refractivity contribution in [2.75, 3.05) is 5.33 Å². The van der Waals surface area contributed by atoms with Gasteiger partial charge in [-0.05, 0) is 27.2 Å². The maximum absolute atomic E-state index is 9.60. The number of rotatable bonds is 2. The van der Waals surface area contributed by atoms with E-state index in [0.29, 0.717) is 6.47 Å². The Kier molecular flexibility index (Phi) is 9.90. The molecule has 0 rings (SSSR count). The fourth-order valence-corrected chi connectivity index (χ4v) is 0.144. The Morgan fingerprint density at radius 1 is 1.45 bits per heavy atom. The first-order chi connectivity index (χ1) is 4.97. The van der Waals surface area contributed by atoms with Crippen molar-refractivity contribution in [1.29, 1.82) is 0 Å². The topological polar surface area (TPSA) is 26.3 Å². The van der Waals surface area contributed by atoms with Gasteiger partial charge in [0.1, 0.15) is 5.60 Å². The summed E-state index contributed by atoms with van der Waals surface area (Å²) < 4.78 is 4.55. The highest BCUT2D eigenvalue weighted by Crippen LogP contribution is 2.02. The van der Waals surface area contributed by atoms with Gasteiger partial charge >= 0.3 is 0 Å². The fourth-order valence-electron chi connectivity index (χ4n) is 0.144. The molecule has 2 nitrogen and oxygen atoms in total. The van der Waals surface area contributed by atoms with Crippen LogP contribution in [-0.4, -0.2) is 17.4 Å². The van der Waals surface area contributed by atoms with Crippen molar-refractivity contribution in [3.05, 3.63) is 0 Å². The lowest BCUT2D eigenvalue weighted by Gasteiger charge is -2.14. The predicted molar refractivity (Wildman–Crippen MR) is 51.0 cm³/mol. The minimum absolute atomic E-state index is 0.318. The molecule has 0 fully saturated rings. The average molecular weight is 225 g/mol. The minimum atomic E-state index is -0.318. The van der Waals surface area contributed by atoms with Crippen LogP contribution in [0.15, 0.2) is 0 Å². The summed E-state index contributed by atoms with van der Waals surface area (Å²) in [6.45, 7) is 8.05. The molecule has 0 radical (unpaired) electrons. The highest BCUT2D eigenvalue weighted by molar-refractivity contribution is 9.09. The van der Waals surface area contributed by atoms with Crippen molar-refractivity contribution >= 4 is 22.4 Å². The van der Waals surface area contributed by atoms with Crippen molar-refractivity contribution in [1.82, 2.24) is 0 Å². The number of hydrogen-bond acceptors (Lipinski definition) is 2. The predicted octanol–water partition coefficient (Wildman–Crippen LogP) is 2.75. The Labute approximate surface area is 77.4 Å². The van der Waals surface area contributed by atoms with E-state index in [1.54, 1.807) is 0 Å². The maximum Gasteiger partial charge on any atom is 0.293 e. The first kappa shape index (κ1) is 13.5. The zero-order chi connectivity index (χ0) is 9.33. The Balaban J connectivity index is 0. The quantitative estimate of drug-likeness (QED) is 0.533. The van der Waals surface area contributed by atoms with E-state index < -0.39 is 0 Å². The van der Waals surface area contributed by atoms with Crippen LogP contribution < -0.4 is 0 Å². The van der Waals surface area contributed by atoms with Crippen LogP contribution in [0.2, 0.25) is 0 Å². The summed E-state index contributed by atoms with van der Waals surface area (Å²) in [5.41, 5.74) is -0.318. The molecule has 0 amide bonds. The molecule has 11 heavy (non-hydrogen) atoms. The van der Waals surface area contributed by atoms with Crippen LogP contribution in [0.3, 0.4) is 0 Å². The number of carbonyl (C=O) groups excluding carboxylic acids is 1. The van der Waals surface area contributed by atoms with E-state index in [0.717, 1.165) is 5.33 Å². The second-order valence-corrected chi connectivity index (χ2v) is 3.81. The molecule has 0 spiro atoms. The smallest absolute Gasteiger partial charge is 0.293 e. The summed E-state index contributed by atoms with van der Waals surface area (Å²) >= 11 is 3.25. The summed E-state index contributed by atoms with van der Waals surface area (Å²) in [6, 6.07) is 0. The first-order valence-corrected chi connectivity index (χ1v) is 4.77. The van der Waals surface area contributed by atoms with Crippen LogP contribution in [0.1, 0.15) is 34.1 Å². The van der Waals surface area contributed by atoms with E-state index in [1.165, 1.54) is 6.42 Å². The Morgan fingerprint density at radius 3 is 1.82 bits per heavy atom. The molecule has 0 aliphatic carbocycles. The zero-order valence-electron chi connectivity index (χ0n) is 7.69. The second kappa shape index (κ2) is 8.05. The largest absolute Gasteiger partial charge is 0.462 e. The molecular weight excluding hydrogens is 208 g/mol. The molecule has 0 aromatic carbocycles. The number of carbonyl (C=O) groups is 1. The molecule has 0 N–H and O–H groups in total. The van der Waals surface area contributed by atoms with Gasteiger partial charge in [-0.15, -0.1) is 0 Å². The van der Waals surface area contributed by atoms with Crippen molar-refractivity contribution in [2.24, 2.45) is 0 Å². The molecule has 0 aliphatic heterocycles. The maximum atomic E-state index is 9.60. The number of halogens is 1. The van der Waals surface area contributed by atoms with Gasteiger partial charge in [0.15, 0.2) is 0 Å². The molecule has 0 atom stereocenters. The van der Waals surface area contributed by atoms with Gasteiger partial charge in [0.05, 0.1) is 0 Å². The van der Waals surface area contributed by atoms with E-state index in [9.17, 15) is 4.79 Å². The van der Waals surface area contributed by atoms with Gasteiger partial charge in [-0.1, -0.05) is 22.9 Å². The third-order valence-electron chi connectivity index (χ3n) is 0.591. The molecule has 0 aromatic heterocycles.